The molecule has 1 amide bonds. The van der Waals surface area contributed by atoms with Gasteiger partial charge in [0.2, 0.25) is 11.8 Å². The van der Waals surface area contributed by atoms with Crippen molar-refractivity contribution in [2.45, 2.75) is 19.8 Å². The molecular formula is C15H15N3O2. The first kappa shape index (κ1) is 12.5. The van der Waals surface area contributed by atoms with Crippen molar-refractivity contribution < 1.29 is 9.53 Å². The molecule has 0 bridgehead atoms. The van der Waals surface area contributed by atoms with Crippen LogP contribution < -0.4 is 15.8 Å². The summed E-state index contributed by atoms with van der Waals surface area (Å²) in [4.78, 5) is 15.4. The smallest absolute Gasteiger partial charge is 0.224 e. The van der Waals surface area contributed by atoms with Gasteiger partial charge in [-0.2, -0.15) is 0 Å². The van der Waals surface area contributed by atoms with Crippen LogP contribution in [0.25, 0.3) is 0 Å². The highest BCUT2D eigenvalue weighted by molar-refractivity contribution is 5.94. The molecule has 0 fully saturated rings. The van der Waals surface area contributed by atoms with Crippen molar-refractivity contribution in [3.8, 4) is 11.6 Å². The van der Waals surface area contributed by atoms with E-state index in [0.29, 0.717) is 23.7 Å². The number of benzene rings is 1. The Balaban J connectivity index is 1.84. The number of hydrogen-bond donors (Lipinski definition) is 2. The zero-order valence-electron chi connectivity index (χ0n) is 11.1. The molecule has 20 heavy (non-hydrogen) atoms. The second-order valence-corrected chi connectivity index (χ2v) is 4.85. The highest BCUT2D eigenvalue weighted by Gasteiger charge is 2.15. The maximum Gasteiger partial charge on any atom is 0.224 e. The first-order valence-corrected chi connectivity index (χ1v) is 6.44. The molecule has 2 aromatic rings. The van der Waals surface area contributed by atoms with Crippen molar-refractivity contribution in [3.05, 3.63) is 41.6 Å². The third-order valence-corrected chi connectivity index (χ3v) is 3.32. The second kappa shape index (κ2) is 4.85. The first-order chi connectivity index (χ1) is 9.61. The van der Waals surface area contributed by atoms with Crippen LogP contribution >= 0.6 is 0 Å². The number of anilines is 2. The fraction of sp³-hybridized carbons (Fsp3) is 0.200. The maximum atomic E-state index is 11.3. The molecule has 0 spiro atoms. The van der Waals surface area contributed by atoms with Crippen molar-refractivity contribution in [2.24, 2.45) is 0 Å². The van der Waals surface area contributed by atoms with E-state index < -0.39 is 0 Å². The van der Waals surface area contributed by atoms with Crippen molar-refractivity contribution in [1.82, 2.24) is 4.98 Å². The van der Waals surface area contributed by atoms with E-state index in [2.05, 4.69) is 10.3 Å². The topological polar surface area (TPSA) is 77.2 Å². The quantitative estimate of drug-likeness (QED) is 0.878. The Bertz CT molecular complexity index is 683. The van der Waals surface area contributed by atoms with Crippen LogP contribution in [-0.2, 0) is 11.2 Å². The lowest BCUT2D eigenvalue weighted by Crippen LogP contribution is -2.18. The van der Waals surface area contributed by atoms with Crippen LogP contribution in [0.2, 0.25) is 0 Å². The lowest BCUT2D eigenvalue weighted by molar-refractivity contribution is -0.116. The average molecular weight is 269 g/mol. The molecule has 5 heteroatoms. The summed E-state index contributed by atoms with van der Waals surface area (Å²) < 4.78 is 5.73. The van der Waals surface area contributed by atoms with Crippen LogP contribution in [0.5, 0.6) is 11.6 Å². The Morgan fingerprint density at radius 1 is 1.30 bits per heavy atom. The number of amides is 1. The molecule has 0 saturated carbocycles. The predicted octanol–water partition coefficient (Wildman–Crippen LogP) is 2.65. The molecule has 5 nitrogen and oxygen atoms in total. The van der Waals surface area contributed by atoms with Gasteiger partial charge in [-0.3, -0.25) is 4.79 Å². The largest absolute Gasteiger partial charge is 0.439 e. The Hall–Kier alpha value is -2.56. The summed E-state index contributed by atoms with van der Waals surface area (Å²) in [5, 5.41) is 2.84. The minimum Gasteiger partial charge on any atom is -0.439 e. The number of pyridine rings is 1. The molecule has 0 radical (unpaired) electrons. The lowest BCUT2D eigenvalue weighted by atomic mass is 10.0. The van der Waals surface area contributed by atoms with E-state index in [9.17, 15) is 4.79 Å². The number of nitrogens with one attached hydrogen (secondary N) is 1. The number of nitrogens with zero attached hydrogens (tertiary/aromatic N) is 1. The summed E-state index contributed by atoms with van der Waals surface area (Å²) in [7, 11) is 0. The molecule has 1 aliphatic rings. The van der Waals surface area contributed by atoms with Gasteiger partial charge in [0.15, 0.2) is 0 Å². The summed E-state index contributed by atoms with van der Waals surface area (Å²) in [6, 6.07) is 7.41. The Kier molecular flexibility index (Phi) is 3.02. The van der Waals surface area contributed by atoms with Gasteiger partial charge >= 0.3 is 0 Å². The molecule has 2 heterocycles. The number of nitrogen functional groups attached to an aromatic ring is 1. The molecule has 1 aromatic carbocycles. The number of aryl methyl sites for hydroxylation is 2. The summed E-state index contributed by atoms with van der Waals surface area (Å²) in [5.74, 6) is 1.27. The zero-order valence-corrected chi connectivity index (χ0v) is 11.1. The molecular weight excluding hydrogens is 254 g/mol. The second-order valence-electron chi connectivity index (χ2n) is 4.85. The highest BCUT2D eigenvalue weighted by Crippen LogP contribution is 2.29. The number of aromatic nitrogens is 1. The number of ether oxygens (including phenoxy) is 1. The number of fused-ring (bicyclic) bond motifs is 1. The van der Waals surface area contributed by atoms with Gasteiger partial charge in [-0.25, -0.2) is 4.98 Å². The summed E-state index contributed by atoms with van der Waals surface area (Å²) in [5.41, 5.74) is 9.24. The van der Waals surface area contributed by atoms with E-state index in [1.807, 2.05) is 25.1 Å². The lowest BCUT2D eigenvalue weighted by Gasteiger charge is -2.17. The van der Waals surface area contributed by atoms with Crippen LogP contribution in [-0.4, -0.2) is 10.9 Å². The zero-order chi connectivity index (χ0) is 14.1. The van der Waals surface area contributed by atoms with Gasteiger partial charge in [0.05, 0.1) is 11.9 Å². The number of rotatable bonds is 2. The van der Waals surface area contributed by atoms with Crippen LogP contribution in [0.15, 0.2) is 30.5 Å². The van der Waals surface area contributed by atoms with Gasteiger partial charge < -0.3 is 15.8 Å². The minimum absolute atomic E-state index is 0.0574. The third kappa shape index (κ3) is 2.42. The molecule has 1 aromatic heterocycles. The van der Waals surface area contributed by atoms with E-state index in [4.69, 9.17) is 10.5 Å². The van der Waals surface area contributed by atoms with E-state index >= 15 is 0 Å². The van der Waals surface area contributed by atoms with Gasteiger partial charge in [-0.15, -0.1) is 0 Å². The highest BCUT2D eigenvalue weighted by atomic mass is 16.5. The maximum absolute atomic E-state index is 11.3. The monoisotopic (exact) mass is 269 g/mol. The fourth-order valence-corrected chi connectivity index (χ4v) is 2.14. The van der Waals surface area contributed by atoms with Gasteiger partial charge in [0.1, 0.15) is 5.75 Å². The fourth-order valence-electron chi connectivity index (χ4n) is 2.14. The molecule has 0 unspecified atom stereocenters. The standard InChI is InChI=1S/C15H15N3O2/c1-9-6-15(17-8-12(9)16)20-11-3-4-13-10(7-11)2-5-14(19)18-13/h3-4,6-8H,2,5,16H2,1H3,(H,18,19). The number of carbonyl (C=O) groups excluding carboxylic acids is 1. The number of nitrogens with two attached hydrogens (primary N) is 1. The predicted molar refractivity (Wildman–Crippen MR) is 76.9 cm³/mol. The summed E-state index contributed by atoms with van der Waals surface area (Å²) in [6.07, 6.45) is 2.82. The van der Waals surface area contributed by atoms with Crippen LogP contribution in [0.3, 0.4) is 0 Å². The van der Waals surface area contributed by atoms with Crippen molar-refractivity contribution in [2.75, 3.05) is 11.1 Å². The molecule has 3 N–H and O–H groups in total. The first-order valence-electron chi connectivity index (χ1n) is 6.44. The van der Waals surface area contributed by atoms with Gasteiger partial charge in [-0.05, 0) is 42.7 Å². The van der Waals surface area contributed by atoms with Crippen molar-refractivity contribution in [3.63, 3.8) is 0 Å². The normalized spacial score (nSPS) is 13.6. The van der Waals surface area contributed by atoms with Crippen molar-refractivity contribution in [1.29, 1.82) is 0 Å². The molecule has 3 rings (SSSR count). The van der Waals surface area contributed by atoms with E-state index in [1.54, 1.807) is 12.3 Å². The van der Waals surface area contributed by atoms with Gasteiger partial charge in [-0.1, -0.05) is 0 Å². The molecule has 0 saturated heterocycles. The van der Waals surface area contributed by atoms with Crippen LogP contribution in [0.4, 0.5) is 11.4 Å². The van der Waals surface area contributed by atoms with E-state index in [1.165, 1.54) is 0 Å². The molecule has 102 valence electrons. The van der Waals surface area contributed by atoms with Gasteiger partial charge in [0.25, 0.3) is 0 Å². The Morgan fingerprint density at radius 3 is 2.95 bits per heavy atom. The Labute approximate surface area is 116 Å². The average Bonchev–Trinajstić information content (AvgIpc) is 2.43. The molecule has 0 aliphatic carbocycles. The number of carbonyl (C=O) groups is 1. The summed E-state index contributed by atoms with van der Waals surface area (Å²) in [6.45, 7) is 1.91. The van der Waals surface area contributed by atoms with Gasteiger partial charge in [0, 0.05) is 18.2 Å². The van der Waals surface area contributed by atoms with Crippen LogP contribution in [0.1, 0.15) is 17.5 Å². The molecule has 0 atom stereocenters. The minimum atomic E-state index is 0.0574. The van der Waals surface area contributed by atoms with Crippen molar-refractivity contribution >= 4 is 17.3 Å². The third-order valence-electron chi connectivity index (χ3n) is 3.32. The SMILES string of the molecule is Cc1cc(Oc2ccc3c(c2)CCC(=O)N3)ncc1N. The molecule has 1 aliphatic heterocycles. The number of hydrogen-bond acceptors (Lipinski definition) is 4. The van der Waals surface area contributed by atoms with Crippen LogP contribution in [0, 0.1) is 6.92 Å². The summed E-state index contributed by atoms with van der Waals surface area (Å²) >= 11 is 0. The Morgan fingerprint density at radius 2 is 2.15 bits per heavy atom. The van der Waals surface area contributed by atoms with E-state index in [0.717, 1.165) is 23.2 Å². The van der Waals surface area contributed by atoms with E-state index in [-0.39, 0.29) is 5.91 Å².